The molecule has 1 aliphatic heterocycles. The van der Waals surface area contributed by atoms with Crippen molar-refractivity contribution < 1.29 is 26.4 Å². The minimum absolute atomic E-state index is 0. The monoisotopic (exact) mass is 620 g/mol. The highest BCUT2D eigenvalue weighted by molar-refractivity contribution is 6.58. The highest BCUT2D eigenvalue weighted by atomic mass is 35.5. The Morgan fingerprint density at radius 2 is 1.00 bits per heavy atom. The highest BCUT2D eigenvalue weighted by Gasteiger charge is 2.49. The van der Waals surface area contributed by atoms with E-state index in [1.165, 1.54) is 23.9 Å². The van der Waals surface area contributed by atoms with Crippen molar-refractivity contribution in [1.29, 1.82) is 0 Å². The number of hydrogen-bond donors (Lipinski definition) is 1. The fraction of sp³-hybridized carbons (Fsp3) is 0.317. The zero-order valence-corrected chi connectivity index (χ0v) is 26.7. The Morgan fingerprint density at radius 1 is 0.565 bits per heavy atom. The minimum atomic E-state index is 0. The SMILES string of the molecule is C[N+]1(CCOCCOCCN)CC2c3cc4c5c6c(cc7ccc8cc9c%10c%11c(cc(c%12c3c5c(c%12%11)c3c6c7c8c%103)C2C1)C9)C4.[Cl-]. The summed E-state index contributed by atoms with van der Waals surface area (Å²) in [6, 6.07) is 15.3. The quantitative estimate of drug-likeness (QED) is 0.154. The molecular formula is C41H33ClN2O2. The first-order valence-electron chi connectivity index (χ1n) is 17.1. The van der Waals surface area contributed by atoms with Gasteiger partial charge in [0.15, 0.2) is 0 Å². The van der Waals surface area contributed by atoms with Gasteiger partial charge in [0.1, 0.15) is 6.54 Å². The topological polar surface area (TPSA) is 44.5 Å². The molecule has 0 radical (unpaired) electrons. The van der Waals surface area contributed by atoms with Gasteiger partial charge in [-0.25, -0.2) is 0 Å². The highest BCUT2D eigenvalue weighted by Crippen LogP contribution is 2.65. The van der Waals surface area contributed by atoms with Crippen molar-refractivity contribution in [2.24, 2.45) is 5.73 Å². The van der Waals surface area contributed by atoms with E-state index >= 15 is 0 Å². The minimum Gasteiger partial charge on any atom is -1.00 e. The Hall–Kier alpha value is -3.51. The molecule has 3 aliphatic carbocycles. The number of fused-ring (bicyclic) bond motifs is 3. The van der Waals surface area contributed by atoms with Gasteiger partial charge >= 0.3 is 0 Å². The number of likely N-dealkylation sites (N-methyl/N-ethyl adjacent to an activating group) is 1. The number of halogens is 1. The summed E-state index contributed by atoms with van der Waals surface area (Å²) >= 11 is 0. The van der Waals surface area contributed by atoms with Gasteiger partial charge < -0.3 is 32.1 Å². The molecule has 226 valence electrons. The Kier molecular flexibility index (Phi) is 4.42. The van der Waals surface area contributed by atoms with E-state index in [-0.39, 0.29) is 12.4 Å². The predicted octanol–water partition coefficient (Wildman–Crippen LogP) is 4.55. The summed E-state index contributed by atoms with van der Waals surface area (Å²) in [4.78, 5) is 0. The van der Waals surface area contributed by atoms with E-state index in [0.29, 0.717) is 38.2 Å². The van der Waals surface area contributed by atoms with Gasteiger partial charge in [-0.05, 0) is 132 Å². The van der Waals surface area contributed by atoms with Crippen molar-refractivity contribution >= 4 is 86.2 Å². The van der Waals surface area contributed by atoms with Crippen LogP contribution in [0.4, 0.5) is 0 Å². The van der Waals surface area contributed by atoms with Crippen LogP contribution < -0.4 is 18.1 Å². The zero-order chi connectivity index (χ0) is 29.1. The molecule has 46 heavy (non-hydrogen) atoms. The molecule has 0 bridgehead atoms. The van der Waals surface area contributed by atoms with Gasteiger partial charge in [-0.3, -0.25) is 0 Å². The third-order valence-corrected chi connectivity index (χ3v) is 13.2. The van der Waals surface area contributed by atoms with Gasteiger partial charge in [0.25, 0.3) is 0 Å². The van der Waals surface area contributed by atoms with Crippen molar-refractivity contribution in [3.8, 4) is 0 Å². The van der Waals surface area contributed by atoms with E-state index in [4.69, 9.17) is 15.2 Å². The first kappa shape index (κ1) is 25.6. The van der Waals surface area contributed by atoms with E-state index in [2.05, 4.69) is 43.4 Å². The average molecular weight is 621 g/mol. The van der Waals surface area contributed by atoms with E-state index in [9.17, 15) is 0 Å². The number of benzene rings is 7. The summed E-state index contributed by atoms with van der Waals surface area (Å²) in [5.41, 5.74) is 15.2. The molecule has 0 saturated carbocycles. The van der Waals surface area contributed by atoms with Crippen LogP contribution in [0.2, 0.25) is 0 Å². The molecule has 2 unspecified atom stereocenters. The predicted molar refractivity (Wildman–Crippen MR) is 185 cm³/mol. The zero-order valence-electron chi connectivity index (χ0n) is 25.9. The molecule has 13 rings (SSSR count). The van der Waals surface area contributed by atoms with Crippen LogP contribution in [0.1, 0.15) is 45.2 Å². The summed E-state index contributed by atoms with van der Waals surface area (Å²) in [6.45, 7) is 6.65. The van der Waals surface area contributed by atoms with Crippen LogP contribution in [-0.2, 0) is 22.3 Å². The van der Waals surface area contributed by atoms with Gasteiger partial charge in [0.2, 0.25) is 0 Å². The molecule has 4 aliphatic rings. The van der Waals surface area contributed by atoms with Crippen LogP contribution in [0.15, 0.2) is 36.4 Å². The van der Waals surface area contributed by atoms with Crippen LogP contribution in [0.5, 0.6) is 0 Å². The van der Waals surface area contributed by atoms with Crippen LogP contribution >= 0.6 is 0 Å². The Bertz CT molecular complexity index is 2590. The summed E-state index contributed by atoms with van der Waals surface area (Å²) in [7, 11) is 2.48. The first-order chi connectivity index (χ1) is 22.1. The molecule has 4 nitrogen and oxygen atoms in total. The van der Waals surface area contributed by atoms with Gasteiger partial charge in [0.05, 0.1) is 46.6 Å². The van der Waals surface area contributed by atoms with E-state index in [1.54, 1.807) is 109 Å². The van der Waals surface area contributed by atoms with Crippen LogP contribution in [0, 0.1) is 0 Å². The van der Waals surface area contributed by atoms with Gasteiger partial charge in [-0.15, -0.1) is 0 Å². The summed E-state index contributed by atoms with van der Waals surface area (Å²) in [5, 5.41) is 25.2. The molecular weight excluding hydrogens is 588 g/mol. The normalized spacial score (nSPS) is 22.8. The van der Waals surface area contributed by atoms with Crippen molar-refractivity contribution in [1.82, 2.24) is 0 Å². The lowest BCUT2D eigenvalue weighted by Crippen LogP contribution is -3.00. The smallest absolute Gasteiger partial charge is 0.102 e. The molecule has 9 aromatic rings. The summed E-state index contributed by atoms with van der Waals surface area (Å²) in [6.07, 6.45) is 2.15. The van der Waals surface area contributed by atoms with Crippen LogP contribution in [0.3, 0.4) is 0 Å². The van der Waals surface area contributed by atoms with Crippen molar-refractivity contribution in [3.63, 3.8) is 0 Å². The maximum atomic E-state index is 6.08. The molecule has 1 heterocycles. The largest absolute Gasteiger partial charge is 1.00 e. The lowest BCUT2D eigenvalue weighted by Gasteiger charge is -2.30. The van der Waals surface area contributed by atoms with Crippen molar-refractivity contribution in [3.05, 3.63) is 69.8 Å². The van der Waals surface area contributed by atoms with Crippen LogP contribution in [-0.4, -0.2) is 64.1 Å². The molecule has 2 N–H and O–H groups in total. The fourth-order valence-electron chi connectivity index (χ4n) is 11.8. The first-order valence-corrected chi connectivity index (χ1v) is 17.1. The van der Waals surface area contributed by atoms with Gasteiger partial charge in [0, 0.05) is 18.4 Å². The fourth-order valence-corrected chi connectivity index (χ4v) is 11.8. The molecule has 1 fully saturated rings. The van der Waals surface area contributed by atoms with Crippen LogP contribution in [0.25, 0.3) is 86.2 Å². The number of ether oxygens (including phenoxy) is 2. The summed E-state index contributed by atoms with van der Waals surface area (Å²) in [5.74, 6) is 1.12. The van der Waals surface area contributed by atoms with Crippen molar-refractivity contribution in [2.75, 3.05) is 59.7 Å². The van der Waals surface area contributed by atoms with E-state index < -0.39 is 0 Å². The number of rotatable bonds is 8. The third-order valence-electron chi connectivity index (χ3n) is 13.2. The van der Waals surface area contributed by atoms with Gasteiger partial charge in [-0.1, -0.05) is 36.4 Å². The lowest BCUT2D eigenvalue weighted by atomic mass is 9.75. The number of nitrogens with two attached hydrogens (primary N) is 1. The Morgan fingerprint density at radius 3 is 1.50 bits per heavy atom. The molecule has 0 aromatic heterocycles. The molecule has 1 saturated heterocycles. The number of nitrogens with zero attached hydrogens (tertiary/aromatic N) is 1. The average Bonchev–Trinajstić information content (AvgIpc) is 3.83. The van der Waals surface area contributed by atoms with E-state index in [0.717, 1.165) is 30.5 Å². The Balaban J connectivity index is 0.00000250. The van der Waals surface area contributed by atoms with E-state index in [1.807, 2.05) is 0 Å². The number of hydrogen-bond acceptors (Lipinski definition) is 3. The molecule has 0 spiro atoms. The van der Waals surface area contributed by atoms with Crippen molar-refractivity contribution in [2.45, 2.75) is 24.7 Å². The standard InChI is InChI=1S/C41H33N2O2.ClH/c1-43(5-7-45-9-8-44-6-4-42)16-26-24-14-22-12-20-10-18-2-3-19-11-21-13-23-15-25(27(26)17-43)35-34(24)38-32(22)30(20)36-28(18)29(19)37-31(21)33(23)39(35)41(38)40(36)37;/h2-3,10-11,14-15,26-27H,4-9,12-13,16-17,42H2,1H3;1H/q+1;/p-1. The third kappa shape index (κ3) is 2.55. The maximum absolute atomic E-state index is 6.08. The molecule has 0 amide bonds. The lowest BCUT2D eigenvalue weighted by molar-refractivity contribution is -0.899. The second-order valence-corrected chi connectivity index (χ2v) is 15.4. The number of likely N-dealkylation sites (tertiary alicyclic amines) is 1. The second kappa shape index (κ2) is 7.95. The van der Waals surface area contributed by atoms with Gasteiger partial charge in [-0.2, -0.15) is 0 Å². The number of quaternary nitrogens is 1. The molecule has 5 heteroatoms. The second-order valence-electron chi connectivity index (χ2n) is 15.4. The molecule has 2 atom stereocenters. The molecule has 9 aromatic carbocycles. The Labute approximate surface area is 271 Å². The maximum Gasteiger partial charge on any atom is 0.102 e. The summed E-state index contributed by atoms with van der Waals surface area (Å²) < 4.78 is 12.7.